The van der Waals surface area contributed by atoms with Gasteiger partial charge < -0.3 is 10.0 Å². The van der Waals surface area contributed by atoms with E-state index < -0.39 is 4.92 Å². The van der Waals surface area contributed by atoms with Gasteiger partial charge in [0.25, 0.3) is 5.69 Å². The summed E-state index contributed by atoms with van der Waals surface area (Å²) in [6.45, 7) is 0. The molecule has 2 bridgehead atoms. The second-order valence-electron chi connectivity index (χ2n) is 5.54. The second kappa shape index (κ2) is 4.86. The molecule has 2 heterocycles. The number of aldehydes is 1. The highest BCUT2D eigenvalue weighted by molar-refractivity contribution is 5.80. The smallest absolute Gasteiger partial charge is 0.293 e. The first kappa shape index (κ1) is 13.1. The standard InChI is InChI=1S/C14H16N2O4/c17-8-9-1-4-13(14(5-9)16(19)20)15-10-2-3-11(15)7-12(18)6-10/h1,4-5,8,10-12,18H,2-3,6-7H2. The molecule has 6 heteroatoms. The Kier molecular flexibility index (Phi) is 3.17. The van der Waals surface area contributed by atoms with Crippen LogP contribution in [0.1, 0.15) is 36.0 Å². The van der Waals surface area contributed by atoms with Crippen LogP contribution in [-0.2, 0) is 0 Å². The number of rotatable bonds is 3. The van der Waals surface area contributed by atoms with E-state index in [-0.39, 0.29) is 23.9 Å². The number of nitro benzene ring substituents is 1. The lowest BCUT2D eigenvalue weighted by atomic mass is 9.98. The summed E-state index contributed by atoms with van der Waals surface area (Å²) in [5, 5.41) is 21.1. The number of anilines is 1. The van der Waals surface area contributed by atoms with E-state index in [1.54, 1.807) is 12.1 Å². The number of carbonyl (C=O) groups excluding carboxylic acids is 1. The van der Waals surface area contributed by atoms with E-state index in [0.717, 1.165) is 12.8 Å². The highest BCUT2D eigenvalue weighted by Crippen LogP contribution is 2.42. The minimum absolute atomic E-state index is 0.0251. The van der Waals surface area contributed by atoms with Crippen molar-refractivity contribution in [3.63, 3.8) is 0 Å². The van der Waals surface area contributed by atoms with Crippen molar-refractivity contribution in [2.75, 3.05) is 4.90 Å². The Morgan fingerprint density at radius 1 is 1.30 bits per heavy atom. The first-order valence-electron chi connectivity index (χ1n) is 6.80. The lowest BCUT2D eigenvalue weighted by molar-refractivity contribution is -0.384. The zero-order valence-corrected chi connectivity index (χ0v) is 10.9. The summed E-state index contributed by atoms with van der Waals surface area (Å²) < 4.78 is 0. The zero-order chi connectivity index (χ0) is 14.3. The molecular weight excluding hydrogens is 260 g/mol. The lowest BCUT2D eigenvalue weighted by Gasteiger charge is -2.38. The normalized spacial score (nSPS) is 28.4. The average molecular weight is 276 g/mol. The molecule has 2 aliphatic heterocycles. The molecule has 0 aromatic heterocycles. The highest BCUT2D eigenvalue weighted by Gasteiger charge is 2.42. The van der Waals surface area contributed by atoms with Crippen LogP contribution in [0.2, 0.25) is 0 Å². The summed E-state index contributed by atoms with van der Waals surface area (Å²) in [5.74, 6) is 0. The summed E-state index contributed by atoms with van der Waals surface area (Å²) in [4.78, 5) is 23.7. The van der Waals surface area contributed by atoms with E-state index in [4.69, 9.17) is 0 Å². The van der Waals surface area contributed by atoms with E-state index >= 15 is 0 Å². The van der Waals surface area contributed by atoms with Crippen LogP contribution in [0.25, 0.3) is 0 Å². The van der Waals surface area contributed by atoms with Crippen LogP contribution in [0.3, 0.4) is 0 Å². The van der Waals surface area contributed by atoms with Crippen molar-refractivity contribution in [1.82, 2.24) is 0 Å². The minimum atomic E-state index is -0.438. The summed E-state index contributed by atoms with van der Waals surface area (Å²) in [5.41, 5.74) is 0.854. The Balaban J connectivity index is 2.02. The Bertz CT molecular complexity index is 546. The molecule has 2 atom stereocenters. The van der Waals surface area contributed by atoms with Crippen molar-refractivity contribution >= 4 is 17.7 Å². The van der Waals surface area contributed by atoms with Crippen molar-refractivity contribution in [1.29, 1.82) is 0 Å². The van der Waals surface area contributed by atoms with Crippen molar-refractivity contribution in [3.05, 3.63) is 33.9 Å². The van der Waals surface area contributed by atoms with E-state index in [1.807, 2.05) is 0 Å². The lowest BCUT2D eigenvalue weighted by Crippen LogP contribution is -2.45. The molecule has 0 aliphatic carbocycles. The molecule has 0 amide bonds. The maximum atomic E-state index is 11.2. The van der Waals surface area contributed by atoms with Crippen molar-refractivity contribution in [2.24, 2.45) is 0 Å². The molecule has 1 aromatic carbocycles. The van der Waals surface area contributed by atoms with Crippen LogP contribution >= 0.6 is 0 Å². The summed E-state index contributed by atoms with van der Waals surface area (Å²) in [7, 11) is 0. The van der Waals surface area contributed by atoms with Crippen molar-refractivity contribution < 1.29 is 14.8 Å². The number of fused-ring (bicyclic) bond motifs is 2. The number of hydrogen-bond acceptors (Lipinski definition) is 5. The Hall–Kier alpha value is -1.95. The van der Waals surface area contributed by atoms with Crippen LogP contribution < -0.4 is 4.90 Å². The Labute approximate surface area is 116 Å². The molecule has 0 radical (unpaired) electrons. The second-order valence-corrected chi connectivity index (χ2v) is 5.54. The van der Waals surface area contributed by atoms with Crippen molar-refractivity contribution in [3.8, 4) is 0 Å². The third-order valence-corrected chi connectivity index (χ3v) is 4.32. The van der Waals surface area contributed by atoms with Gasteiger partial charge in [-0.1, -0.05) is 0 Å². The molecule has 2 fully saturated rings. The summed E-state index contributed by atoms with van der Waals surface area (Å²) in [6.07, 6.45) is 3.53. The van der Waals surface area contributed by atoms with E-state index in [0.29, 0.717) is 30.4 Å². The third kappa shape index (κ3) is 2.06. The maximum absolute atomic E-state index is 11.2. The topological polar surface area (TPSA) is 83.7 Å². The molecule has 3 rings (SSSR count). The van der Waals surface area contributed by atoms with Gasteiger partial charge in [0, 0.05) is 23.7 Å². The van der Waals surface area contributed by atoms with Gasteiger partial charge in [-0.25, -0.2) is 0 Å². The SMILES string of the molecule is O=Cc1ccc(N2C3CCC2CC(O)C3)c([N+](=O)[O-])c1. The number of hydrogen-bond donors (Lipinski definition) is 1. The number of aliphatic hydroxyl groups excluding tert-OH is 1. The minimum Gasteiger partial charge on any atom is -0.393 e. The number of nitrogens with zero attached hydrogens (tertiary/aromatic N) is 2. The maximum Gasteiger partial charge on any atom is 0.293 e. The number of aliphatic hydroxyl groups is 1. The van der Waals surface area contributed by atoms with Gasteiger partial charge in [-0.2, -0.15) is 0 Å². The monoisotopic (exact) mass is 276 g/mol. The van der Waals surface area contributed by atoms with Crippen LogP contribution in [-0.4, -0.2) is 34.5 Å². The van der Waals surface area contributed by atoms with Gasteiger partial charge in [-0.3, -0.25) is 14.9 Å². The van der Waals surface area contributed by atoms with Gasteiger partial charge in [-0.05, 0) is 37.8 Å². The van der Waals surface area contributed by atoms with Crippen LogP contribution in [0, 0.1) is 10.1 Å². The fraction of sp³-hybridized carbons (Fsp3) is 0.500. The predicted molar refractivity (Wildman–Crippen MR) is 73.0 cm³/mol. The van der Waals surface area contributed by atoms with E-state index in [9.17, 15) is 20.0 Å². The average Bonchev–Trinajstić information content (AvgIpc) is 2.69. The number of carbonyl (C=O) groups is 1. The zero-order valence-electron chi connectivity index (χ0n) is 10.9. The molecule has 106 valence electrons. The predicted octanol–water partition coefficient (Wildman–Crippen LogP) is 1.90. The van der Waals surface area contributed by atoms with Gasteiger partial charge in [0.2, 0.25) is 0 Å². The van der Waals surface area contributed by atoms with Crippen LogP contribution in [0.5, 0.6) is 0 Å². The molecule has 1 aromatic rings. The molecule has 0 saturated carbocycles. The third-order valence-electron chi connectivity index (χ3n) is 4.32. The van der Waals surface area contributed by atoms with Gasteiger partial charge in [0.15, 0.2) is 0 Å². The fourth-order valence-corrected chi connectivity index (χ4v) is 3.52. The fourth-order valence-electron chi connectivity index (χ4n) is 3.52. The molecule has 1 N–H and O–H groups in total. The largest absolute Gasteiger partial charge is 0.393 e. The molecule has 2 saturated heterocycles. The van der Waals surface area contributed by atoms with Crippen LogP contribution in [0.15, 0.2) is 18.2 Å². The van der Waals surface area contributed by atoms with E-state index in [2.05, 4.69) is 4.90 Å². The molecule has 2 unspecified atom stereocenters. The number of benzene rings is 1. The number of nitro groups is 1. The number of piperidine rings is 1. The van der Waals surface area contributed by atoms with Crippen molar-refractivity contribution in [2.45, 2.75) is 43.9 Å². The van der Waals surface area contributed by atoms with Gasteiger partial charge in [0.1, 0.15) is 12.0 Å². The molecule has 2 aliphatic rings. The molecule has 6 nitrogen and oxygen atoms in total. The Morgan fingerprint density at radius 3 is 2.50 bits per heavy atom. The van der Waals surface area contributed by atoms with Crippen LogP contribution in [0.4, 0.5) is 11.4 Å². The summed E-state index contributed by atoms with van der Waals surface area (Å²) in [6, 6.07) is 4.91. The van der Waals surface area contributed by atoms with Gasteiger partial charge in [-0.15, -0.1) is 0 Å². The molecular formula is C14H16N2O4. The quantitative estimate of drug-likeness (QED) is 0.518. The molecule has 20 heavy (non-hydrogen) atoms. The van der Waals surface area contributed by atoms with Gasteiger partial charge in [0.05, 0.1) is 11.0 Å². The highest BCUT2D eigenvalue weighted by atomic mass is 16.6. The first-order valence-corrected chi connectivity index (χ1v) is 6.80. The Morgan fingerprint density at radius 2 is 1.95 bits per heavy atom. The molecule has 0 spiro atoms. The summed E-state index contributed by atoms with van der Waals surface area (Å²) >= 11 is 0. The van der Waals surface area contributed by atoms with E-state index in [1.165, 1.54) is 6.07 Å². The van der Waals surface area contributed by atoms with Gasteiger partial charge >= 0.3 is 0 Å². The first-order chi connectivity index (χ1) is 9.60.